The van der Waals surface area contributed by atoms with E-state index >= 15 is 0 Å². The normalized spacial score (nSPS) is 10.9. The molecule has 0 aromatic carbocycles. The van der Waals surface area contributed by atoms with Crippen LogP contribution in [0.3, 0.4) is 0 Å². The number of hydrogen-bond donors (Lipinski definition) is 0. The third kappa shape index (κ3) is 5.79. The molecule has 0 bridgehead atoms. The van der Waals surface area contributed by atoms with Crippen LogP contribution in [-0.4, -0.2) is 28.3 Å². The van der Waals surface area contributed by atoms with Crippen LogP contribution in [0.2, 0.25) is 0 Å². The second-order valence-electron chi connectivity index (χ2n) is 1.39. The van der Waals surface area contributed by atoms with Crippen molar-refractivity contribution in [2.75, 3.05) is 19.9 Å². The Hall–Kier alpha value is -0.640. The lowest BCUT2D eigenvalue weighted by molar-refractivity contribution is 0.214. The van der Waals surface area contributed by atoms with Gasteiger partial charge in [-0.2, -0.15) is 8.42 Å². The maximum Gasteiger partial charge on any atom is 0.400 e. The van der Waals surface area contributed by atoms with Crippen LogP contribution in [0.1, 0.15) is 0 Å². The average Bonchev–Trinajstić information content (AvgIpc) is 1.97. The van der Waals surface area contributed by atoms with E-state index in [0.717, 1.165) is 0 Å². The molecule has 0 rings (SSSR count). The summed E-state index contributed by atoms with van der Waals surface area (Å²) in [5.74, 6) is 1.93. The number of halogens is 1. The topological polar surface area (TPSA) is 52.6 Å². The Morgan fingerprint density at radius 2 is 2.09 bits per heavy atom. The van der Waals surface area contributed by atoms with E-state index in [-0.39, 0.29) is 0 Å². The Bertz CT molecular complexity index is 227. The SMILES string of the molecule is C#CCOS(=O)(=O)OCCF. The number of alkyl halides is 1. The number of rotatable bonds is 5. The summed E-state index contributed by atoms with van der Waals surface area (Å²) in [5, 5.41) is 0. The van der Waals surface area contributed by atoms with E-state index in [9.17, 15) is 12.8 Å². The van der Waals surface area contributed by atoms with Crippen molar-refractivity contribution >= 4 is 10.4 Å². The van der Waals surface area contributed by atoms with Gasteiger partial charge in [0.05, 0.1) is 6.61 Å². The first-order valence-electron chi connectivity index (χ1n) is 2.65. The van der Waals surface area contributed by atoms with Crippen LogP contribution < -0.4 is 0 Å². The van der Waals surface area contributed by atoms with Gasteiger partial charge in [0, 0.05) is 0 Å². The first-order valence-corrected chi connectivity index (χ1v) is 3.99. The molecular formula is C5H7FO4S. The molecule has 0 amide bonds. The first kappa shape index (κ1) is 10.4. The van der Waals surface area contributed by atoms with Gasteiger partial charge >= 0.3 is 10.4 Å². The van der Waals surface area contributed by atoms with Crippen molar-refractivity contribution in [3.63, 3.8) is 0 Å². The summed E-state index contributed by atoms with van der Waals surface area (Å²) in [6, 6.07) is 0. The largest absolute Gasteiger partial charge is 0.400 e. The quantitative estimate of drug-likeness (QED) is 0.555. The Balaban J connectivity index is 3.74. The molecule has 0 aromatic rings. The fraction of sp³-hybridized carbons (Fsp3) is 0.600. The zero-order valence-corrected chi connectivity index (χ0v) is 6.43. The molecule has 11 heavy (non-hydrogen) atoms. The lowest BCUT2D eigenvalue weighted by Crippen LogP contribution is -2.11. The highest BCUT2D eigenvalue weighted by molar-refractivity contribution is 7.81. The van der Waals surface area contributed by atoms with Gasteiger partial charge in [-0.25, -0.2) is 12.8 Å². The summed E-state index contributed by atoms with van der Waals surface area (Å²) >= 11 is 0. The van der Waals surface area contributed by atoms with E-state index in [1.54, 1.807) is 0 Å². The Kier molecular flexibility index (Phi) is 4.77. The summed E-state index contributed by atoms with van der Waals surface area (Å²) in [6.45, 7) is -1.85. The minimum absolute atomic E-state index is 0.408. The van der Waals surface area contributed by atoms with Gasteiger partial charge in [-0.15, -0.1) is 6.42 Å². The summed E-state index contributed by atoms with van der Waals surface area (Å²) in [6.07, 6.45) is 4.70. The van der Waals surface area contributed by atoms with Crippen LogP contribution in [0.15, 0.2) is 0 Å². The highest BCUT2D eigenvalue weighted by atomic mass is 32.3. The van der Waals surface area contributed by atoms with Crippen LogP contribution >= 0.6 is 0 Å². The van der Waals surface area contributed by atoms with Crippen LogP contribution in [0.25, 0.3) is 0 Å². The molecule has 64 valence electrons. The second-order valence-corrected chi connectivity index (χ2v) is 2.67. The Morgan fingerprint density at radius 1 is 1.45 bits per heavy atom. The lowest BCUT2D eigenvalue weighted by Gasteiger charge is -1.99. The molecule has 0 aliphatic carbocycles. The van der Waals surface area contributed by atoms with Gasteiger partial charge in [0.15, 0.2) is 0 Å². The van der Waals surface area contributed by atoms with E-state index in [2.05, 4.69) is 8.37 Å². The third-order valence-corrected chi connectivity index (χ3v) is 1.45. The Morgan fingerprint density at radius 3 is 2.55 bits per heavy atom. The van der Waals surface area contributed by atoms with E-state index in [4.69, 9.17) is 6.42 Å². The van der Waals surface area contributed by atoms with Crippen molar-refractivity contribution in [1.82, 2.24) is 0 Å². The minimum Gasteiger partial charge on any atom is -0.249 e. The predicted molar refractivity (Wildman–Crippen MR) is 35.6 cm³/mol. The zero-order valence-electron chi connectivity index (χ0n) is 5.62. The standard InChI is InChI=1S/C5H7FO4S/c1-2-4-9-11(7,8)10-5-3-6/h1H,3-5H2. The summed E-state index contributed by atoms with van der Waals surface area (Å²) < 4.78 is 40.2. The molecule has 0 atom stereocenters. The molecular weight excluding hydrogens is 175 g/mol. The van der Waals surface area contributed by atoms with Gasteiger partial charge in [0.1, 0.15) is 13.3 Å². The van der Waals surface area contributed by atoms with Crippen molar-refractivity contribution in [1.29, 1.82) is 0 Å². The fourth-order valence-electron chi connectivity index (χ4n) is 0.274. The minimum atomic E-state index is -4.09. The fourth-order valence-corrected chi connectivity index (χ4v) is 0.821. The molecule has 0 fully saturated rings. The molecule has 0 heterocycles. The van der Waals surface area contributed by atoms with Gasteiger partial charge < -0.3 is 0 Å². The van der Waals surface area contributed by atoms with Crippen LogP contribution in [-0.2, 0) is 18.8 Å². The molecule has 0 aliphatic heterocycles. The van der Waals surface area contributed by atoms with E-state index in [1.165, 1.54) is 0 Å². The first-order chi connectivity index (χ1) is 5.12. The molecule has 0 saturated carbocycles. The van der Waals surface area contributed by atoms with Gasteiger partial charge in [0.25, 0.3) is 0 Å². The molecule has 0 radical (unpaired) electrons. The van der Waals surface area contributed by atoms with E-state index < -0.39 is 30.3 Å². The second kappa shape index (κ2) is 5.07. The summed E-state index contributed by atoms with van der Waals surface area (Å²) in [4.78, 5) is 0. The molecule has 0 aromatic heterocycles. The van der Waals surface area contributed by atoms with Crippen LogP contribution in [0.4, 0.5) is 4.39 Å². The van der Waals surface area contributed by atoms with Gasteiger partial charge in [-0.1, -0.05) is 5.92 Å². The zero-order chi connectivity index (χ0) is 8.74. The van der Waals surface area contributed by atoms with Crippen molar-refractivity contribution in [3.8, 4) is 12.3 Å². The monoisotopic (exact) mass is 182 g/mol. The van der Waals surface area contributed by atoms with Crippen LogP contribution in [0.5, 0.6) is 0 Å². The van der Waals surface area contributed by atoms with Crippen molar-refractivity contribution in [3.05, 3.63) is 0 Å². The summed E-state index contributed by atoms with van der Waals surface area (Å²) in [5.41, 5.74) is 0. The van der Waals surface area contributed by atoms with Crippen molar-refractivity contribution in [2.45, 2.75) is 0 Å². The molecule has 0 aliphatic rings. The maximum atomic E-state index is 11.4. The van der Waals surface area contributed by atoms with Gasteiger partial charge in [-0.05, 0) is 0 Å². The van der Waals surface area contributed by atoms with Crippen molar-refractivity contribution in [2.24, 2.45) is 0 Å². The van der Waals surface area contributed by atoms with Gasteiger partial charge in [-0.3, -0.25) is 0 Å². The number of terminal acetylenes is 1. The smallest absolute Gasteiger partial charge is 0.249 e. The molecule has 0 saturated heterocycles. The summed E-state index contributed by atoms with van der Waals surface area (Å²) in [7, 11) is -4.09. The third-order valence-electron chi connectivity index (χ3n) is 0.591. The predicted octanol–water partition coefficient (Wildman–Crippen LogP) is -0.133. The molecule has 0 spiro atoms. The van der Waals surface area contributed by atoms with Gasteiger partial charge in [0.2, 0.25) is 0 Å². The molecule has 4 nitrogen and oxygen atoms in total. The van der Waals surface area contributed by atoms with E-state index in [1.807, 2.05) is 5.92 Å². The average molecular weight is 182 g/mol. The molecule has 0 unspecified atom stereocenters. The highest BCUT2D eigenvalue weighted by Gasteiger charge is 2.09. The van der Waals surface area contributed by atoms with Crippen LogP contribution in [0, 0.1) is 12.3 Å². The number of hydrogen-bond acceptors (Lipinski definition) is 4. The lowest BCUT2D eigenvalue weighted by atomic mass is 10.8. The maximum absolute atomic E-state index is 11.4. The Labute approximate surface area is 64.6 Å². The highest BCUT2D eigenvalue weighted by Crippen LogP contribution is 1.94. The molecule has 6 heteroatoms. The molecule has 0 N–H and O–H groups in total. The van der Waals surface area contributed by atoms with E-state index in [0.29, 0.717) is 0 Å². The van der Waals surface area contributed by atoms with Crippen molar-refractivity contribution < 1.29 is 21.2 Å².